The van der Waals surface area contributed by atoms with Gasteiger partial charge in [0.1, 0.15) is 0 Å². The topological polar surface area (TPSA) is 54.0 Å². The Morgan fingerprint density at radius 2 is 1.80 bits per heavy atom. The summed E-state index contributed by atoms with van der Waals surface area (Å²) in [6.45, 7) is 4.00. The van der Waals surface area contributed by atoms with E-state index in [0.717, 1.165) is 35.1 Å². The Morgan fingerprint density at radius 1 is 1.16 bits per heavy atom. The molecule has 2 fully saturated rings. The molecule has 1 aromatic carbocycles. The molecule has 2 saturated heterocycles. The molecule has 2 aliphatic rings. The van der Waals surface area contributed by atoms with Gasteiger partial charge in [0.15, 0.2) is 0 Å². The number of aromatic nitrogens is 1. The van der Waals surface area contributed by atoms with Gasteiger partial charge in [-0.2, -0.15) is 0 Å². The lowest BCUT2D eigenvalue weighted by Crippen LogP contribution is -2.50. The second kappa shape index (κ2) is 6.26. The number of amides is 1. The zero-order valence-corrected chi connectivity index (χ0v) is 14.9. The summed E-state index contributed by atoms with van der Waals surface area (Å²) in [5.74, 6) is 0.0175. The van der Waals surface area contributed by atoms with Crippen LogP contribution in [0.3, 0.4) is 0 Å². The first kappa shape index (κ1) is 16.3. The number of hydrogen-bond donors (Lipinski definition) is 2. The smallest absolute Gasteiger partial charge is 0.252 e. The van der Waals surface area contributed by atoms with Crippen molar-refractivity contribution in [2.45, 2.75) is 57.2 Å². The third-order valence-corrected chi connectivity index (χ3v) is 5.95. The molecule has 0 radical (unpaired) electrons. The molecular weight excluding hydrogens is 310 g/mol. The van der Waals surface area contributed by atoms with E-state index in [0.29, 0.717) is 6.04 Å². The third-order valence-electron chi connectivity index (χ3n) is 5.95. The molecule has 2 aromatic rings. The number of benzene rings is 1. The number of rotatable bonds is 4. The number of carbonyl (C=O) groups excluding carboxylic acids is 1. The van der Waals surface area contributed by atoms with Crippen LogP contribution in [-0.2, 0) is 0 Å². The molecule has 4 nitrogen and oxygen atoms in total. The molecule has 1 atom stereocenters. The molecule has 1 aromatic heterocycles. The number of carbonyl (C=O) groups is 1. The van der Waals surface area contributed by atoms with Crippen LogP contribution in [0, 0.1) is 13.8 Å². The monoisotopic (exact) mass is 335 g/mol. The molecule has 4 rings (SSSR count). The lowest BCUT2D eigenvalue weighted by Gasteiger charge is -2.37. The molecule has 1 amide bonds. The van der Waals surface area contributed by atoms with E-state index in [1.165, 1.54) is 12.8 Å². The largest absolute Gasteiger partial charge is 0.343 e. The average Bonchev–Trinajstić information content (AvgIpc) is 3.22. The predicted molar refractivity (Wildman–Crippen MR) is 98.5 cm³/mol. The Bertz CT molecular complexity index is 759. The van der Waals surface area contributed by atoms with Crippen LogP contribution in [0.5, 0.6) is 0 Å². The van der Waals surface area contributed by atoms with Gasteiger partial charge in [-0.25, -0.2) is 0 Å². The quantitative estimate of drug-likeness (QED) is 0.900. The van der Waals surface area contributed by atoms with Gasteiger partial charge in [-0.05, 0) is 68.4 Å². The average molecular weight is 335 g/mol. The predicted octanol–water partition coefficient (Wildman–Crippen LogP) is 3.45. The van der Waals surface area contributed by atoms with Gasteiger partial charge in [0, 0.05) is 29.5 Å². The summed E-state index contributed by atoms with van der Waals surface area (Å²) < 4.78 is 0. The molecule has 0 aliphatic carbocycles. The van der Waals surface area contributed by atoms with Crippen LogP contribution >= 0.6 is 0 Å². The first-order valence-corrected chi connectivity index (χ1v) is 9.14. The van der Waals surface area contributed by atoms with Crippen LogP contribution in [0.25, 0.3) is 0 Å². The third kappa shape index (κ3) is 2.85. The van der Waals surface area contributed by atoms with Crippen molar-refractivity contribution in [2.75, 3.05) is 0 Å². The number of hydrogen-bond acceptors (Lipinski definition) is 3. The van der Waals surface area contributed by atoms with Crippen LogP contribution in [-0.4, -0.2) is 22.5 Å². The summed E-state index contributed by atoms with van der Waals surface area (Å²) >= 11 is 0. The summed E-state index contributed by atoms with van der Waals surface area (Å²) in [5.41, 5.74) is 3.94. The SMILES string of the molecule is Cc1cccc(C)c1C(=O)NC(c1ccncc1)C12CCC(CC1)N2. The Morgan fingerprint density at radius 3 is 2.36 bits per heavy atom. The minimum Gasteiger partial charge on any atom is -0.343 e. The van der Waals surface area contributed by atoms with E-state index in [9.17, 15) is 4.79 Å². The number of fused-ring (bicyclic) bond motifs is 2. The van der Waals surface area contributed by atoms with Crippen molar-refractivity contribution >= 4 is 5.91 Å². The summed E-state index contributed by atoms with van der Waals surface area (Å²) in [6, 6.07) is 10.6. The van der Waals surface area contributed by atoms with Crippen LogP contribution in [0.4, 0.5) is 0 Å². The van der Waals surface area contributed by atoms with Crippen LogP contribution in [0.2, 0.25) is 0 Å². The molecule has 4 heteroatoms. The van der Waals surface area contributed by atoms with Crippen molar-refractivity contribution in [3.8, 4) is 0 Å². The maximum absolute atomic E-state index is 13.1. The minimum atomic E-state index is -0.0329. The maximum Gasteiger partial charge on any atom is 0.252 e. The first-order valence-electron chi connectivity index (χ1n) is 9.14. The van der Waals surface area contributed by atoms with Gasteiger partial charge in [-0.3, -0.25) is 9.78 Å². The van der Waals surface area contributed by atoms with Crippen molar-refractivity contribution in [1.82, 2.24) is 15.6 Å². The van der Waals surface area contributed by atoms with E-state index < -0.39 is 0 Å². The second-order valence-corrected chi connectivity index (χ2v) is 7.53. The fourth-order valence-corrected chi connectivity index (χ4v) is 4.67. The lowest BCUT2D eigenvalue weighted by atomic mass is 9.79. The zero-order chi connectivity index (χ0) is 17.4. The molecule has 2 bridgehead atoms. The Balaban J connectivity index is 1.69. The highest BCUT2D eigenvalue weighted by Gasteiger charge is 2.50. The highest BCUT2D eigenvalue weighted by atomic mass is 16.1. The molecule has 2 aliphatic heterocycles. The van der Waals surface area contributed by atoms with E-state index in [1.807, 2.05) is 56.6 Å². The fraction of sp³-hybridized carbons (Fsp3) is 0.429. The molecule has 3 heterocycles. The number of nitrogens with one attached hydrogen (secondary N) is 2. The summed E-state index contributed by atoms with van der Waals surface area (Å²) in [4.78, 5) is 17.3. The van der Waals surface area contributed by atoms with Gasteiger partial charge in [-0.15, -0.1) is 0 Å². The van der Waals surface area contributed by atoms with E-state index >= 15 is 0 Å². The van der Waals surface area contributed by atoms with Crippen molar-refractivity contribution < 1.29 is 4.79 Å². The van der Waals surface area contributed by atoms with Crippen molar-refractivity contribution in [3.63, 3.8) is 0 Å². The molecular formula is C21H25N3O. The molecule has 130 valence electrons. The van der Waals surface area contributed by atoms with Gasteiger partial charge < -0.3 is 10.6 Å². The second-order valence-electron chi connectivity index (χ2n) is 7.53. The van der Waals surface area contributed by atoms with Gasteiger partial charge >= 0.3 is 0 Å². The first-order chi connectivity index (χ1) is 12.1. The van der Waals surface area contributed by atoms with Crippen LogP contribution < -0.4 is 10.6 Å². The van der Waals surface area contributed by atoms with E-state index in [-0.39, 0.29) is 17.5 Å². The normalized spacial score (nSPS) is 25.8. The lowest BCUT2D eigenvalue weighted by molar-refractivity contribution is 0.0906. The van der Waals surface area contributed by atoms with Crippen LogP contribution in [0.1, 0.15) is 58.8 Å². The van der Waals surface area contributed by atoms with Crippen LogP contribution in [0.15, 0.2) is 42.7 Å². The summed E-state index contributed by atoms with van der Waals surface area (Å²) in [7, 11) is 0. The van der Waals surface area contributed by atoms with Gasteiger partial charge in [0.2, 0.25) is 0 Å². The van der Waals surface area contributed by atoms with Gasteiger partial charge in [-0.1, -0.05) is 18.2 Å². The maximum atomic E-state index is 13.1. The Hall–Kier alpha value is -2.20. The summed E-state index contributed by atoms with van der Waals surface area (Å²) in [6.07, 6.45) is 8.23. The molecule has 2 N–H and O–H groups in total. The standard InChI is InChI=1S/C21H25N3O/c1-14-4-3-5-15(2)18(14)20(25)23-19(16-8-12-22-13-9-16)21-10-6-17(24-21)7-11-21/h3-5,8-9,12-13,17,19,24H,6-7,10-11H2,1-2H3,(H,23,25). The molecule has 0 spiro atoms. The van der Waals surface area contributed by atoms with E-state index in [4.69, 9.17) is 0 Å². The fourth-order valence-electron chi connectivity index (χ4n) is 4.67. The zero-order valence-electron chi connectivity index (χ0n) is 14.9. The Kier molecular flexibility index (Phi) is 4.08. The van der Waals surface area contributed by atoms with Crippen molar-refractivity contribution in [3.05, 3.63) is 65.0 Å². The van der Waals surface area contributed by atoms with E-state index in [2.05, 4.69) is 15.6 Å². The van der Waals surface area contributed by atoms with E-state index in [1.54, 1.807) is 0 Å². The summed E-state index contributed by atoms with van der Waals surface area (Å²) in [5, 5.41) is 7.15. The number of pyridine rings is 1. The van der Waals surface area contributed by atoms with Crippen molar-refractivity contribution in [2.24, 2.45) is 0 Å². The molecule has 25 heavy (non-hydrogen) atoms. The minimum absolute atomic E-state index is 0.0175. The Labute approximate surface area is 149 Å². The van der Waals surface area contributed by atoms with Crippen molar-refractivity contribution in [1.29, 1.82) is 0 Å². The number of aryl methyl sites for hydroxylation is 2. The van der Waals surface area contributed by atoms with Gasteiger partial charge in [0.05, 0.1) is 6.04 Å². The molecule has 1 unspecified atom stereocenters. The molecule has 0 saturated carbocycles. The highest BCUT2D eigenvalue weighted by molar-refractivity contribution is 5.97. The highest BCUT2D eigenvalue weighted by Crippen LogP contribution is 2.45. The van der Waals surface area contributed by atoms with Gasteiger partial charge in [0.25, 0.3) is 5.91 Å². The number of nitrogens with zero attached hydrogens (tertiary/aromatic N) is 1.